The summed E-state index contributed by atoms with van der Waals surface area (Å²) < 4.78 is 11.2. The molecule has 2 aromatic rings. The molecule has 0 aromatic heterocycles. The third-order valence-electron chi connectivity index (χ3n) is 6.10. The van der Waals surface area contributed by atoms with Gasteiger partial charge in [-0.25, -0.2) is 0 Å². The van der Waals surface area contributed by atoms with Crippen LogP contribution in [0, 0.1) is 5.92 Å². The summed E-state index contributed by atoms with van der Waals surface area (Å²) in [5.41, 5.74) is 1.36. The number of hydrogen-bond donors (Lipinski definition) is 0. The van der Waals surface area contributed by atoms with Crippen LogP contribution >= 0.6 is 0 Å². The molecular weight excluding hydrogens is 392 g/mol. The molecule has 0 unspecified atom stereocenters. The second-order valence-electron chi connectivity index (χ2n) is 8.33. The summed E-state index contributed by atoms with van der Waals surface area (Å²) in [5.74, 6) is 1.85. The molecule has 2 amide bonds. The summed E-state index contributed by atoms with van der Waals surface area (Å²) >= 11 is 0. The van der Waals surface area contributed by atoms with Gasteiger partial charge in [0, 0.05) is 43.2 Å². The summed E-state index contributed by atoms with van der Waals surface area (Å²) in [6.07, 6.45) is 4.15. The molecule has 2 aliphatic rings. The van der Waals surface area contributed by atoms with Crippen molar-refractivity contribution in [2.24, 2.45) is 5.92 Å². The Labute approximate surface area is 183 Å². The first-order valence-corrected chi connectivity index (χ1v) is 11.1. The maximum Gasteiger partial charge on any atom is 0.253 e. The van der Waals surface area contributed by atoms with E-state index in [1.807, 2.05) is 58.3 Å². The van der Waals surface area contributed by atoms with E-state index in [0.717, 1.165) is 51.1 Å². The minimum absolute atomic E-state index is 0.0468. The SMILES string of the molecule is COc1ccc(C(=O)N2CCC[C@H](COc3cccc(C(=O)N4CCCC4)c3)C2)cc1. The smallest absolute Gasteiger partial charge is 0.253 e. The van der Waals surface area contributed by atoms with E-state index in [9.17, 15) is 9.59 Å². The zero-order valence-corrected chi connectivity index (χ0v) is 18.1. The van der Waals surface area contributed by atoms with E-state index in [-0.39, 0.29) is 17.7 Å². The normalized spacial score (nSPS) is 18.7. The Morgan fingerprint density at radius 3 is 2.32 bits per heavy atom. The van der Waals surface area contributed by atoms with Crippen molar-refractivity contribution in [3.8, 4) is 11.5 Å². The lowest BCUT2D eigenvalue weighted by atomic mass is 9.98. The van der Waals surface area contributed by atoms with Gasteiger partial charge in [-0.1, -0.05) is 6.07 Å². The van der Waals surface area contributed by atoms with E-state index in [1.54, 1.807) is 7.11 Å². The molecule has 0 aliphatic carbocycles. The minimum atomic E-state index is 0.0468. The van der Waals surface area contributed by atoms with Crippen molar-refractivity contribution in [2.45, 2.75) is 25.7 Å². The van der Waals surface area contributed by atoms with Gasteiger partial charge in [0.1, 0.15) is 11.5 Å². The van der Waals surface area contributed by atoms with Gasteiger partial charge < -0.3 is 19.3 Å². The fourth-order valence-electron chi connectivity index (χ4n) is 4.34. The number of rotatable bonds is 6. The third kappa shape index (κ3) is 5.19. The molecule has 31 heavy (non-hydrogen) atoms. The standard InChI is InChI=1S/C25H30N2O4/c1-30-22-11-9-20(10-12-22)24(28)27-15-5-6-19(17-27)18-31-23-8-4-7-21(16-23)25(29)26-13-2-3-14-26/h4,7-12,16,19H,2-3,5-6,13-15,17-18H2,1H3/t19-/m0/s1. The molecule has 6 nitrogen and oxygen atoms in total. The van der Waals surface area contributed by atoms with Crippen molar-refractivity contribution in [2.75, 3.05) is 39.9 Å². The van der Waals surface area contributed by atoms with Crippen LogP contribution < -0.4 is 9.47 Å². The zero-order valence-electron chi connectivity index (χ0n) is 18.1. The number of benzene rings is 2. The predicted octanol–water partition coefficient (Wildman–Crippen LogP) is 3.86. The van der Waals surface area contributed by atoms with Crippen LogP contribution in [0.2, 0.25) is 0 Å². The van der Waals surface area contributed by atoms with Gasteiger partial charge in [-0.15, -0.1) is 0 Å². The average Bonchev–Trinajstić information content (AvgIpc) is 3.37. The van der Waals surface area contributed by atoms with Gasteiger partial charge in [-0.05, 0) is 68.1 Å². The quantitative estimate of drug-likeness (QED) is 0.709. The van der Waals surface area contributed by atoms with Gasteiger partial charge in [0.05, 0.1) is 13.7 Å². The lowest BCUT2D eigenvalue weighted by molar-refractivity contribution is 0.0632. The first-order chi connectivity index (χ1) is 15.1. The molecule has 164 valence electrons. The Hall–Kier alpha value is -3.02. The van der Waals surface area contributed by atoms with Gasteiger partial charge in [-0.3, -0.25) is 9.59 Å². The number of piperidine rings is 1. The molecule has 4 rings (SSSR count). The first kappa shape index (κ1) is 21.2. The van der Waals surface area contributed by atoms with E-state index in [4.69, 9.17) is 9.47 Å². The van der Waals surface area contributed by atoms with Crippen LogP contribution in [0.4, 0.5) is 0 Å². The van der Waals surface area contributed by atoms with E-state index >= 15 is 0 Å². The molecular formula is C25H30N2O4. The van der Waals surface area contributed by atoms with Crippen molar-refractivity contribution >= 4 is 11.8 Å². The van der Waals surface area contributed by atoms with E-state index in [0.29, 0.717) is 30.0 Å². The van der Waals surface area contributed by atoms with Crippen LogP contribution in [-0.2, 0) is 0 Å². The van der Waals surface area contributed by atoms with Crippen LogP contribution in [0.25, 0.3) is 0 Å². The summed E-state index contributed by atoms with van der Waals surface area (Å²) in [4.78, 5) is 29.3. The molecule has 2 heterocycles. The molecule has 0 N–H and O–H groups in total. The third-order valence-corrected chi connectivity index (χ3v) is 6.10. The molecule has 1 atom stereocenters. The number of hydrogen-bond acceptors (Lipinski definition) is 4. The van der Waals surface area contributed by atoms with Crippen molar-refractivity contribution < 1.29 is 19.1 Å². The van der Waals surface area contributed by atoms with Crippen molar-refractivity contribution in [1.29, 1.82) is 0 Å². The molecule has 2 fully saturated rings. The molecule has 0 saturated carbocycles. The number of ether oxygens (including phenoxy) is 2. The van der Waals surface area contributed by atoms with Gasteiger partial charge >= 0.3 is 0 Å². The zero-order chi connectivity index (χ0) is 21.6. The first-order valence-electron chi connectivity index (χ1n) is 11.1. The summed E-state index contributed by atoms with van der Waals surface area (Å²) in [5, 5.41) is 0. The summed E-state index contributed by atoms with van der Waals surface area (Å²) in [6, 6.07) is 14.7. The number of nitrogens with zero attached hydrogens (tertiary/aromatic N) is 2. The highest BCUT2D eigenvalue weighted by atomic mass is 16.5. The van der Waals surface area contributed by atoms with Crippen LogP contribution in [0.1, 0.15) is 46.4 Å². The summed E-state index contributed by atoms with van der Waals surface area (Å²) in [6.45, 7) is 3.65. The second kappa shape index (κ2) is 9.86. The number of carbonyl (C=O) groups excluding carboxylic acids is 2. The molecule has 2 saturated heterocycles. The Bertz CT molecular complexity index is 906. The highest BCUT2D eigenvalue weighted by Gasteiger charge is 2.25. The van der Waals surface area contributed by atoms with Gasteiger partial charge in [0.25, 0.3) is 11.8 Å². The fraction of sp³-hybridized carbons (Fsp3) is 0.440. The Kier molecular flexibility index (Phi) is 6.75. The highest BCUT2D eigenvalue weighted by Crippen LogP contribution is 2.23. The largest absolute Gasteiger partial charge is 0.497 e. The maximum absolute atomic E-state index is 12.9. The van der Waals surface area contributed by atoms with Crippen molar-refractivity contribution in [3.63, 3.8) is 0 Å². The Balaban J connectivity index is 1.33. The number of amides is 2. The monoisotopic (exact) mass is 422 g/mol. The highest BCUT2D eigenvalue weighted by molar-refractivity contribution is 5.95. The Morgan fingerprint density at radius 1 is 0.871 bits per heavy atom. The van der Waals surface area contributed by atoms with E-state index < -0.39 is 0 Å². The average molecular weight is 423 g/mol. The fourth-order valence-corrected chi connectivity index (χ4v) is 4.34. The summed E-state index contributed by atoms with van der Waals surface area (Å²) in [7, 11) is 1.62. The second-order valence-corrected chi connectivity index (χ2v) is 8.33. The molecule has 2 aliphatic heterocycles. The van der Waals surface area contributed by atoms with Gasteiger partial charge in [0.2, 0.25) is 0 Å². The predicted molar refractivity (Wildman–Crippen MR) is 119 cm³/mol. The van der Waals surface area contributed by atoms with E-state index in [1.165, 1.54) is 0 Å². The lowest BCUT2D eigenvalue weighted by Crippen LogP contribution is -2.41. The van der Waals surface area contributed by atoms with Crippen LogP contribution in [0.3, 0.4) is 0 Å². The van der Waals surface area contributed by atoms with Gasteiger partial charge in [0.15, 0.2) is 0 Å². The number of methoxy groups -OCH3 is 1. The molecule has 0 bridgehead atoms. The molecule has 2 aromatic carbocycles. The topological polar surface area (TPSA) is 59.1 Å². The van der Waals surface area contributed by atoms with Crippen LogP contribution in [0.5, 0.6) is 11.5 Å². The van der Waals surface area contributed by atoms with Crippen LogP contribution in [0.15, 0.2) is 48.5 Å². The number of likely N-dealkylation sites (tertiary alicyclic amines) is 2. The van der Waals surface area contributed by atoms with Crippen LogP contribution in [-0.4, -0.2) is 61.5 Å². The molecule has 0 radical (unpaired) electrons. The molecule has 0 spiro atoms. The minimum Gasteiger partial charge on any atom is -0.497 e. The maximum atomic E-state index is 12.9. The lowest BCUT2D eigenvalue weighted by Gasteiger charge is -2.32. The number of carbonyl (C=O) groups is 2. The van der Waals surface area contributed by atoms with Crippen molar-refractivity contribution in [3.05, 3.63) is 59.7 Å². The Morgan fingerprint density at radius 2 is 1.58 bits per heavy atom. The van der Waals surface area contributed by atoms with Gasteiger partial charge in [-0.2, -0.15) is 0 Å². The van der Waals surface area contributed by atoms with Crippen molar-refractivity contribution in [1.82, 2.24) is 9.80 Å². The van der Waals surface area contributed by atoms with E-state index in [2.05, 4.69) is 0 Å². The molecule has 6 heteroatoms.